The van der Waals surface area contributed by atoms with Crippen molar-refractivity contribution in [3.05, 3.63) is 0 Å². The van der Waals surface area contributed by atoms with Crippen LogP contribution in [-0.4, -0.2) is 49.4 Å². The van der Waals surface area contributed by atoms with Crippen molar-refractivity contribution < 1.29 is 17.5 Å². The predicted octanol–water partition coefficient (Wildman–Crippen LogP) is 17.9. The standard InChI is InChI=1S/C52H107NO3S/c1-4-7-10-13-16-19-22-25-28-31-34-37-40-43-48-53(51-46-47-52-57(54,55)56,49-44-41-38-35-32-29-26-23-20-17-14-11-8-5-2)50-45-42-39-36-33-30-27-24-21-18-15-12-9-6-3/h4-52H2,1-3H3/p+1. The monoisotopic (exact) mass is 827 g/mol. The molecule has 0 aromatic heterocycles. The summed E-state index contributed by atoms with van der Waals surface area (Å²) in [6.07, 6.45) is 60.3. The van der Waals surface area contributed by atoms with Crippen LogP contribution in [0.25, 0.3) is 0 Å². The molecule has 0 unspecified atom stereocenters. The van der Waals surface area contributed by atoms with Gasteiger partial charge < -0.3 is 4.48 Å². The smallest absolute Gasteiger partial charge is 0.264 e. The Kier molecular flexibility index (Phi) is 45.3. The second-order valence-corrected chi connectivity index (χ2v) is 20.6. The number of unbranched alkanes of at least 4 members (excludes halogenated alkanes) is 40. The topological polar surface area (TPSA) is 54.4 Å². The minimum absolute atomic E-state index is 0.0798. The largest absolute Gasteiger partial charge is 0.324 e. The lowest BCUT2D eigenvalue weighted by atomic mass is 10.0. The molecule has 0 aliphatic rings. The van der Waals surface area contributed by atoms with Gasteiger partial charge in [0.1, 0.15) is 0 Å². The fraction of sp³-hybridized carbons (Fsp3) is 1.00. The second-order valence-electron chi connectivity index (χ2n) is 19.0. The van der Waals surface area contributed by atoms with Gasteiger partial charge in [0.05, 0.1) is 31.9 Å². The van der Waals surface area contributed by atoms with Crippen LogP contribution in [0.1, 0.15) is 303 Å². The molecule has 0 heterocycles. The third kappa shape index (κ3) is 45.2. The molecule has 0 aromatic rings. The van der Waals surface area contributed by atoms with Crippen molar-refractivity contribution in [3.8, 4) is 0 Å². The minimum Gasteiger partial charge on any atom is -0.324 e. The maximum absolute atomic E-state index is 11.6. The molecule has 0 aliphatic heterocycles. The van der Waals surface area contributed by atoms with E-state index >= 15 is 0 Å². The highest BCUT2D eigenvalue weighted by atomic mass is 32.2. The molecule has 57 heavy (non-hydrogen) atoms. The zero-order chi connectivity index (χ0) is 41.6. The van der Waals surface area contributed by atoms with Crippen LogP contribution in [-0.2, 0) is 10.1 Å². The average Bonchev–Trinajstić information content (AvgIpc) is 3.19. The summed E-state index contributed by atoms with van der Waals surface area (Å²) >= 11 is 0. The van der Waals surface area contributed by atoms with Crippen molar-refractivity contribution in [3.63, 3.8) is 0 Å². The van der Waals surface area contributed by atoms with Crippen LogP contribution in [0.5, 0.6) is 0 Å². The summed E-state index contributed by atoms with van der Waals surface area (Å²) in [7, 11) is -3.88. The maximum atomic E-state index is 11.6. The van der Waals surface area contributed by atoms with Crippen LogP contribution in [0.3, 0.4) is 0 Å². The summed E-state index contributed by atoms with van der Waals surface area (Å²) in [5.41, 5.74) is 0. The highest BCUT2D eigenvalue weighted by molar-refractivity contribution is 7.85. The summed E-state index contributed by atoms with van der Waals surface area (Å²) in [6.45, 7) is 11.8. The third-order valence-corrected chi connectivity index (χ3v) is 14.0. The van der Waals surface area contributed by atoms with Gasteiger partial charge in [-0.05, 0) is 51.4 Å². The molecule has 344 valence electrons. The van der Waals surface area contributed by atoms with Gasteiger partial charge in [-0.15, -0.1) is 0 Å². The van der Waals surface area contributed by atoms with Gasteiger partial charge in [0.2, 0.25) is 0 Å². The van der Waals surface area contributed by atoms with Gasteiger partial charge in [-0.3, -0.25) is 4.55 Å². The van der Waals surface area contributed by atoms with Gasteiger partial charge in [0, 0.05) is 0 Å². The fourth-order valence-corrected chi connectivity index (χ4v) is 9.90. The van der Waals surface area contributed by atoms with Crippen molar-refractivity contribution >= 4 is 10.1 Å². The van der Waals surface area contributed by atoms with Gasteiger partial charge >= 0.3 is 0 Å². The molecule has 0 aliphatic carbocycles. The normalized spacial score (nSPS) is 12.3. The highest BCUT2D eigenvalue weighted by Crippen LogP contribution is 2.22. The van der Waals surface area contributed by atoms with E-state index in [1.165, 1.54) is 294 Å². The Labute approximate surface area is 361 Å². The van der Waals surface area contributed by atoms with E-state index in [1.807, 2.05) is 0 Å². The lowest BCUT2D eigenvalue weighted by molar-refractivity contribution is -0.929. The first-order valence-electron chi connectivity index (χ1n) is 26.7. The number of nitrogens with zero attached hydrogens (tertiary/aromatic N) is 1. The lowest BCUT2D eigenvalue weighted by Crippen LogP contribution is -2.51. The van der Waals surface area contributed by atoms with E-state index in [9.17, 15) is 13.0 Å². The molecule has 1 N–H and O–H groups in total. The van der Waals surface area contributed by atoms with E-state index in [-0.39, 0.29) is 5.75 Å². The van der Waals surface area contributed by atoms with Gasteiger partial charge in [-0.2, -0.15) is 8.42 Å². The van der Waals surface area contributed by atoms with Gasteiger partial charge in [0.15, 0.2) is 0 Å². The summed E-state index contributed by atoms with van der Waals surface area (Å²) < 4.78 is 33.8. The van der Waals surface area contributed by atoms with Crippen molar-refractivity contribution in [2.24, 2.45) is 0 Å². The first kappa shape index (κ1) is 56.9. The number of rotatable bonds is 50. The minimum atomic E-state index is -3.88. The van der Waals surface area contributed by atoms with Crippen LogP contribution >= 0.6 is 0 Å². The molecule has 5 heteroatoms. The van der Waals surface area contributed by atoms with E-state index in [1.54, 1.807) is 0 Å². The molecule has 0 aromatic carbocycles. The molecule has 0 amide bonds. The van der Waals surface area contributed by atoms with Crippen LogP contribution in [0.15, 0.2) is 0 Å². The first-order chi connectivity index (χ1) is 27.9. The third-order valence-electron chi connectivity index (χ3n) is 13.2. The van der Waals surface area contributed by atoms with E-state index in [4.69, 9.17) is 0 Å². The molecular formula is C52H108NO3S+. The zero-order valence-corrected chi connectivity index (χ0v) is 40.6. The average molecular weight is 828 g/mol. The summed E-state index contributed by atoms with van der Waals surface area (Å²) in [5, 5.41) is 0. The predicted molar refractivity (Wildman–Crippen MR) is 256 cm³/mol. The van der Waals surface area contributed by atoms with Crippen LogP contribution in [0.2, 0.25) is 0 Å². The summed E-state index contributed by atoms with van der Waals surface area (Å²) in [6, 6.07) is 0. The van der Waals surface area contributed by atoms with Gasteiger partial charge in [-0.1, -0.05) is 252 Å². The molecule has 0 spiro atoms. The second kappa shape index (κ2) is 45.4. The van der Waals surface area contributed by atoms with Crippen molar-refractivity contribution in [1.29, 1.82) is 0 Å². The molecule has 0 radical (unpaired) electrons. The first-order valence-corrected chi connectivity index (χ1v) is 28.3. The molecule has 0 atom stereocenters. The van der Waals surface area contributed by atoms with E-state index in [2.05, 4.69) is 20.8 Å². The molecule has 0 saturated heterocycles. The SMILES string of the molecule is CCCCCCCCCCCCCCCC[N+](CCCCCCCCCCCCCCCC)(CCCCCCCCCCCCCCCC)CCCCS(=O)(=O)O. The Bertz CT molecular complexity index is 783. The molecule has 4 nitrogen and oxygen atoms in total. The highest BCUT2D eigenvalue weighted by Gasteiger charge is 2.26. The molecule has 0 rings (SSSR count). The zero-order valence-electron chi connectivity index (χ0n) is 39.8. The molecule has 0 saturated carbocycles. The maximum Gasteiger partial charge on any atom is 0.264 e. The lowest BCUT2D eigenvalue weighted by Gasteiger charge is -2.39. The van der Waals surface area contributed by atoms with Crippen LogP contribution < -0.4 is 0 Å². The Morgan fingerprint density at radius 1 is 0.263 bits per heavy atom. The van der Waals surface area contributed by atoms with Gasteiger partial charge in [0.25, 0.3) is 10.1 Å². The van der Waals surface area contributed by atoms with E-state index < -0.39 is 10.1 Å². The van der Waals surface area contributed by atoms with E-state index in [0.717, 1.165) is 13.0 Å². The summed E-state index contributed by atoms with van der Waals surface area (Å²) in [5.74, 6) is -0.0798. The van der Waals surface area contributed by atoms with Crippen molar-refractivity contribution in [2.45, 2.75) is 303 Å². The van der Waals surface area contributed by atoms with Crippen molar-refractivity contribution in [2.75, 3.05) is 31.9 Å². The number of hydrogen-bond acceptors (Lipinski definition) is 2. The Morgan fingerprint density at radius 2 is 0.421 bits per heavy atom. The summed E-state index contributed by atoms with van der Waals surface area (Å²) in [4.78, 5) is 0. The Balaban J connectivity index is 4.77. The number of quaternary nitrogens is 1. The van der Waals surface area contributed by atoms with Crippen LogP contribution in [0.4, 0.5) is 0 Å². The van der Waals surface area contributed by atoms with Crippen LogP contribution in [0, 0.1) is 0 Å². The molecule has 0 fully saturated rings. The Morgan fingerprint density at radius 3 is 0.596 bits per heavy atom. The van der Waals surface area contributed by atoms with Gasteiger partial charge in [-0.25, -0.2) is 0 Å². The number of hydrogen-bond donors (Lipinski definition) is 1. The quantitative estimate of drug-likeness (QED) is 0.0378. The molecular weight excluding hydrogens is 719 g/mol. The van der Waals surface area contributed by atoms with E-state index in [0.29, 0.717) is 6.42 Å². The fourth-order valence-electron chi connectivity index (χ4n) is 9.33. The van der Waals surface area contributed by atoms with Crippen molar-refractivity contribution in [1.82, 2.24) is 0 Å². The Hall–Kier alpha value is -0.130. The molecule has 0 bridgehead atoms.